The zero-order chi connectivity index (χ0) is 17.4. The van der Waals surface area contributed by atoms with E-state index in [1.165, 1.54) is 6.07 Å². The van der Waals surface area contributed by atoms with Gasteiger partial charge < -0.3 is 15.5 Å². The molecule has 1 aromatic rings. The van der Waals surface area contributed by atoms with E-state index in [1.54, 1.807) is 26.2 Å². The maximum atomic E-state index is 13.2. The number of nitrogens with zero attached hydrogens (tertiary/aromatic N) is 2. The number of amides is 1. The Hall–Kier alpha value is -1.38. The lowest BCUT2D eigenvalue weighted by atomic mass is 9.93. The van der Waals surface area contributed by atoms with Crippen molar-refractivity contribution < 1.29 is 9.18 Å². The van der Waals surface area contributed by atoms with Crippen molar-refractivity contribution in [2.24, 2.45) is 10.9 Å². The molecule has 2 rings (SSSR count). The number of halogens is 2. The summed E-state index contributed by atoms with van der Waals surface area (Å²) in [4.78, 5) is 18.0. The van der Waals surface area contributed by atoms with Crippen molar-refractivity contribution in [1.29, 1.82) is 0 Å². The number of rotatable bonds is 5. The average Bonchev–Trinajstić information content (AvgIpc) is 2.59. The average molecular weight is 462 g/mol. The van der Waals surface area contributed by atoms with E-state index >= 15 is 0 Å². The second-order valence-corrected chi connectivity index (χ2v) is 6.16. The second-order valence-electron chi connectivity index (χ2n) is 6.16. The first-order valence-electron chi connectivity index (χ1n) is 8.53. The Bertz CT molecular complexity index is 574. The molecule has 0 bridgehead atoms. The van der Waals surface area contributed by atoms with Crippen LogP contribution in [0.25, 0.3) is 0 Å². The van der Waals surface area contributed by atoms with E-state index in [2.05, 4.69) is 20.5 Å². The Balaban J connectivity index is 0.00000312. The fraction of sp³-hybridized carbons (Fsp3) is 0.556. The molecule has 0 aliphatic carbocycles. The Morgan fingerprint density at radius 3 is 2.68 bits per heavy atom. The number of aliphatic imine (C=N–C) groups is 1. The van der Waals surface area contributed by atoms with Gasteiger partial charge in [-0.1, -0.05) is 12.1 Å². The van der Waals surface area contributed by atoms with E-state index in [0.717, 1.165) is 43.9 Å². The number of hydrogen-bond acceptors (Lipinski definition) is 2. The van der Waals surface area contributed by atoms with Gasteiger partial charge in [-0.15, -0.1) is 24.0 Å². The van der Waals surface area contributed by atoms with Gasteiger partial charge in [0.25, 0.3) is 0 Å². The molecule has 0 spiro atoms. The molecule has 7 heteroatoms. The number of hydrogen-bond donors (Lipinski definition) is 2. The summed E-state index contributed by atoms with van der Waals surface area (Å²) in [6.45, 7) is 2.52. The van der Waals surface area contributed by atoms with Gasteiger partial charge in [-0.05, 0) is 42.9 Å². The van der Waals surface area contributed by atoms with Gasteiger partial charge in [0, 0.05) is 40.2 Å². The highest BCUT2D eigenvalue weighted by molar-refractivity contribution is 14.0. The fourth-order valence-corrected chi connectivity index (χ4v) is 3.06. The van der Waals surface area contributed by atoms with Crippen molar-refractivity contribution in [3.63, 3.8) is 0 Å². The first-order valence-corrected chi connectivity index (χ1v) is 8.53. The highest BCUT2D eigenvalue weighted by Gasteiger charge is 2.22. The van der Waals surface area contributed by atoms with Gasteiger partial charge in [0.05, 0.1) is 0 Å². The van der Waals surface area contributed by atoms with Gasteiger partial charge in [0.2, 0.25) is 5.91 Å². The van der Waals surface area contributed by atoms with Gasteiger partial charge in [0.1, 0.15) is 5.82 Å². The minimum absolute atomic E-state index is 0. The molecule has 0 aromatic heterocycles. The number of piperidine rings is 1. The van der Waals surface area contributed by atoms with Crippen LogP contribution in [-0.2, 0) is 11.2 Å². The predicted molar refractivity (Wildman–Crippen MR) is 110 cm³/mol. The maximum Gasteiger partial charge on any atom is 0.220 e. The molecular weight excluding hydrogens is 434 g/mol. The standard InChI is InChI=1S/C18H27FN4O.HI/c1-20-17(24)13-15-7-10-23(11-8-15)18(21-2)22-9-6-14-4-3-5-16(19)12-14;/h3-5,12,15H,6-11,13H2,1-2H3,(H,20,24)(H,21,22);1H. The summed E-state index contributed by atoms with van der Waals surface area (Å²) < 4.78 is 13.2. The molecule has 1 aromatic carbocycles. The summed E-state index contributed by atoms with van der Waals surface area (Å²) in [6, 6.07) is 6.68. The number of carbonyl (C=O) groups is 1. The molecule has 1 fully saturated rings. The number of nitrogens with one attached hydrogen (secondary N) is 2. The summed E-state index contributed by atoms with van der Waals surface area (Å²) in [6.07, 6.45) is 3.36. The predicted octanol–water partition coefficient (Wildman–Crippen LogP) is 2.41. The van der Waals surface area contributed by atoms with Crippen LogP contribution in [-0.4, -0.2) is 50.5 Å². The van der Waals surface area contributed by atoms with Crippen molar-refractivity contribution in [2.45, 2.75) is 25.7 Å². The third kappa shape index (κ3) is 7.17. The molecule has 1 heterocycles. The maximum absolute atomic E-state index is 13.2. The van der Waals surface area contributed by atoms with Crippen LogP contribution in [0.5, 0.6) is 0 Å². The Kier molecular flexibility index (Phi) is 9.77. The first kappa shape index (κ1) is 21.7. The Labute approximate surface area is 166 Å². The monoisotopic (exact) mass is 462 g/mol. The summed E-state index contributed by atoms with van der Waals surface area (Å²) in [5.74, 6) is 1.25. The number of likely N-dealkylation sites (tertiary alicyclic amines) is 1. The summed E-state index contributed by atoms with van der Waals surface area (Å²) in [5.41, 5.74) is 0.974. The minimum atomic E-state index is -0.199. The fourth-order valence-electron chi connectivity index (χ4n) is 3.06. The normalized spacial score (nSPS) is 15.5. The quantitative estimate of drug-likeness (QED) is 0.402. The Morgan fingerprint density at radius 1 is 1.36 bits per heavy atom. The van der Waals surface area contributed by atoms with E-state index in [4.69, 9.17) is 0 Å². The van der Waals surface area contributed by atoms with Gasteiger partial charge in [-0.3, -0.25) is 9.79 Å². The van der Waals surface area contributed by atoms with Crippen LogP contribution in [0.3, 0.4) is 0 Å². The van der Waals surface area contributed by atoms with Crippen LogP contribution >= 0.6 is 24.0 Å². The first-order chi connectivity index (χ1) is 11.6. The van der Waals surface area contributed by atoms with E-state index in [1.807, 2.05) is 6.07 Å². The Morgan fingerprint density at radius 2 is 2.08 bits per heavy atom. The molecule has 1 saturated heterocycles. The number of carbonyl (C=O) groups excluding carboxylic acids is 1. The van der Waals surface area contributed by atoms with Crippen LogP contribution in [0.4, 0.5) is 4.39 Å². The lowest BCUT2D eigenvalue weighted by molar-refractivity contribution is -0.121. The molecular formula is C18H28FIN4O. The van der Waals surface area contributed by atoms with Crippen LogP contribution < -0.4 is 10.6 Å². The van der Waals surface area contributed by atoms with Crippen LogP contribution in [0.2, 0.25) is 0 Å². The smallest absolute Gasteiger partial charge is 0.220 e. The SMILES string of the molecule is CN=C(NCCc1cccc(F)c1)N1CCC(CC(=O)NC)CC1.I. The lowest BCUT2D eigenvalue weighted by Gasteiger charge is -2.34. The minimum Gasteiger partial charge on any atom is -0.359 e. The summed E-state index contributed by atoms with van der Waals surface area (Å²) in [5, 5.41) is 6.04. The van der Waals surface area contributed by atoms with Gasteiger partial charge in [0.15, 0.2) is 5.96 Å². The van der Waals surface area contributed by atoms with Crippen LogP contribution in [0.15, 0.2) is 29.3 Å². The highest BCUT2D eigenvalue weighted by atomic mass is 127. The number of benzene rings is 1. The second kappa shape index (κ2) is 11.3. The van der Waals surface area contributed by atoms with Crippen molar-refractivity contribution in [1.82, 2.24) is 15.5 Å². The molecule has 5 nitrogen and oxygen atoms in total. The third-order valence-electron chi connectivity index (χ3n) is 4.46. The molecule has 1 aliphatic rings. The topological polar surface area (TPSA) is 56.7 Å². The molecule has 0 radical (unpaired) electrons. The van der Waals surface area contributed by atoms with Gasteiger partial charge >= 0.3 is 0 Å². The van der Waals surface area contributed by atoms with Crippen LogP contribution in [0.1, 0.15) is 24.8 Å². The molecule has 1 amide bonds. The van der Waals surface area contributed by atoms with Gasteiger partial charge in [-0.2, -0.15) is 0 Å². The van der Waals surface area contributed by atoms with Crippen molar-refractivity contribution in [3.05, 3.63) is 35.6 Å². The lowest BCUT2D eigenvalue weighted by Crippen LogP contribution is -2.46. The van der Waals surface area contributed by atoms with Gasteiger partial charge in [-0.25, -0.2) is 4.39 Å². The molecule has 140 valence electrons. The zero-order valence-corrected chi connectivity index (χ0v) is 17.3. The highest BCUT2D eigenvalue weighted by Crippen LogP contribution is 2.20. The van der Waals surface area contributed by atoms with E-state index in [0.29, 0.717) is 18.9 Å². The summed E-state index contributed by atoms with van der Waals surface area (Å²) in [7, 11) is 3.46. The molecule has 2 N–H and O–H groups in total. The zero-order valence-electron chi connectivity index (χ0n) is 14.9. The largest absolute Gasteiger partial charge is 0.359 e. The molecule has 0 saturated carbocycles. The van der Waals surface area contributed by atoms with Crippen molar-refractivity contribution in [2.75, 3.05) is 33.7 Å². The summed E-state index contributed by atoms with van der Waals surface area (Å²) >= 11 is 0. The van der Waals surface area contributed by atoms with Crippen molar-refractivity contribution >= 4 is 35.8 Å². The molecule has 0 unspecified atom stereocenters. The molecule has 25 heavy (non-hydrogen) atoms. The van der Waals surface area contributed by atoms with E-state index in [9.17, 15) is 9.18 Å². The molecule has 1 aliphatic heterocycles. The van der Waals surface area contributed by atoms with E-state index in [-0.39, 0.29) is 35.7 Å². The van der Waals surface area contributed by atoms with Crippen molar-refractivity contribution in [3.8, 4) is 0 Å². The number of guanidine groups is 1. The third-order valence-corrected chi connectivity index (χ3v) is 4.46. The van der Waals surface area contributed by atoms with E-state index < -0.39 is 0 Å². The van der Waals surface area contributed by atoms with Crippen LogP contribution in [0, 0.1) is 11.7 Å². The molecule has 0 atom stereocenters.